The SMILES string of the molecule is CCCS(=O)(=O)NCc1cccc(CCl)c1. The molecule has 16 heavy (non-hydrogen) atoms. The fourth-order valence-corrected chi connectivity index (χ4v) is 2.59. The van der Waals surface area contributed by atoms with E-state index in [1.165, 1.54) is 0 Å². The van der Waals surface area contributed by atoms with Gasteiger partial charge in [-0.1, -0.05) is 31.2 Å². The number of alkyl halides is 1. The third-order valence-electron chi connectivity index (χ3n) is 2.11. The van der Waals surface area contributed by atoms with Gasteiger partial charge < -0.3 is 0 Å². The normalized spacial score (nSPS) is 11.6. The van der Waals surface area contributed by atoms with Crippen LogP contribution in [-0.4, -0.2) is 14.2 Å². The first-order valence-electron chi connectivity index (χ1n) is 5.18. The summed E-state index contributed by atoms with van der Waals surface area (Å²) in [6.07, 6.45) is 0.622. The van der Waals surface area contributed by atoms with Crippen LogP contribution in [0, 0.1) is 0 Å². The number of nitrogens with one attached hydrogen (secondary N) is 1. The zero-order valence-corrected chi connectivity index (χ0v) is 10.8. The molecule has 0 radical (unpaired) electrons. The van der Waals surface area contributed by atoms with Crippen molar-refractivity contribution in [2.45, 2.75) is 25.8 Å². The minimum absolute atomic E-state index is 0.169. The van der Waals surface area contributed by atoms with Gasteiger partial charge in [-0.25, -0.2) is 13.1 Å². The number of rotatable bonds is 6. The van der Waals surface area contributed by atoms with E-state index in [0.717, 1.165) is 11.1 Å². The molecule has 5 heteroatoms. The summed E-state index contributed by atoms with van der Waals surface area (Å²) in [6, 6.07) is 7.57. The molecule has 0 unspecified atom stereocenters. The van der Waals surface area contributed by atoms with Gasteiger partial charge in [-0.3, -0.25) is 0 Å². The second-order valence-corrected chi connectivity index (χ2v) is 5.79. The quantitative estimate of drug-likeness (QED) is 0.799. The highest BCUT2D eigenvalue weighted by molar-refractivity contribution is 7.89. The van der Waals surface area contributed by atoms with E-state index in [9.17, 15) is 8.42 Å². The van der Waals surface area contributed by atoms with Crippen LogP contribution in [0.3, 0.4) is 0 Å². The zero-order valence-electron chi connectivity index (χ0n) is 9.24. The van der Waals surface area contributed by atoms with Gasteiger partial charge in [-0.15, -0.1) is 11.6 Å². The lowest BCUT2D eigenvalue weighted by atomic mass is 10.1. The van der Waals surface area contributed by atoms with Crippen molar-refractivity contribution in [1.29, 1.82) is 0 Å². The van der Waals surface area contributed by atoms with Crippen LogP contribution in [0.5, 0.6) is 0 Å². The molecule has 1 aromatic rings. The van der Waals surface area contributed by atoms with Gasteiger partial charge in [-0.2, -0.15) is 0 Å². The van der Waals surface area contributed by atoms with Crippen LogP contribution >= 0.6 is 11.6 Å². The van der Waals surface area contributed by atoms with Gasteiger partial charge in [0.05, 0.1) is 5.75 Å². The Morgan fingerprint density at radius 2 is 2.00 bits per heavy atom. The highest BCUT2D eigenvalue weighted by atomic mass is 35.5. The molecule has 0 aliphatic carbocycles. The van der Waals surface area contributed by atoms with Gasteiger partial charge in [0.25, 0.3) is 0 Å². The Morgan fingerprint density at radius 3 is 2.62 bits per heavy atom. The van der Waals surface area contributed by atoms with Crippen LogP contribution < -0.4 is 4.72 Å². The largest absolute Gasteiger partial charge is 0.212 e. The molecule has 1 aromatic carbocycles. The van der Waals surface area contributed by atoms with Crippen molar-refractivity contribution in [2.24, 2.45) is 0 Å². The predicted octanol–water partition coefficient (Wildman–Crippen LogP) is 2.25. The highest BCUT2D eigenvalue weighted by Crippen LogP contribution is 2.08. The van der Waals surface area contributed by atoms with Gasteiger partial charge in [0, 0.05) is 12.4 Å². The van der Waals surface area contributed by atoms with E-state index >= 15 is 0 Å². The minimum atomic E-state index is -3.13. The number of halogens is 1. The zero-order chi connectivity index (χ0) is 12.0. The topological polar surface area (TPSA) is 46.2 Å². The Kier molecular flexibility index (Phi) is 5.25. The average Bonchev–Trinajstić information content (AvgIpc) is 2.27. The Balaban J connectivity index is 2.61. The van der Waals surface area contributed by atoms with Gasteiger partial charge in [-0.05, 0) is 17.5 Å². The van der Waals surface area contributed by atoms with Crippen LogP contribution in [-0.2, 0) is 22.4 Å². The summed E-state index contributed by atoms with van der Waals surface area (Å²) in [5.74, 6) is 0.609. The Labute approximate surface area is 102 Å². The van der Waals surface area contributed by atoms with E-state index in [-0.39, 0.29) is 5.75 Å². The Morgan fingerprint density at radius 1 is 1.31 bits per heavy atom. The van der Waals surface area contributed by atoms with Crippen molar-refractivity contribution < 1.29 is 8.42 Å². The maximum absolute atomic E-state index is 11.4. The van der Waals surface area contributed by atoms with Crippen LogP contribution in [0.15, 0.2) is 24.3 Å². The molecule has 0 saturated carbocycles. The molecule has 90 valence electrons. The highest BCUT2D eigenvalue weighted by Gasteiger charge is 2.07. The third kappa shape index (κ3) is 4.51. The van der Waals surface area contributed by atoms with E-state index < -0.39 is 10.0 Å². The standard InChI is InChI=1S/C11H16ClNO2S/c1-2-6-16(14,15)13-9-11-5-3-4-10(7-11)8-12/h3-5,7,13H,2,6,8-9H2,1H3. The fourth-order valence-electron chi connectivity index (χ4n) is 1.36. The van der Waals surface area contributed by atoms with Crippen LogP contribution in [0.25, 0.3) is 0 Å². The fraction of sp³-hybridized carbons (Fsp3) is 0.455. The molecular formula is C11H16ClNO2S. The van der Waals surface area contributed by atoms with Gasteiger partial charge in [0.2, 0.25) is 10.0 Å². The smallest absolute Gasteiger partial charge is 0.211 e. The van der Waals surface area contributed by atoms with Crippen molar-refractivity contribution in [3.63, 3.8) is 0 Å². The lowest BCUT2D eigenvalue weighted by Gasteiger charge is -2.06. The van der Waals surface area contributed by atoms with Crippen molar-refractivity contribution in [1.82, 2.24) is 4.72 Å². The molecule has 0 spiro atoms. The summed E-state index contributed by atoms with van der Waals surface area (Å²) in [6.45, 7) is 2.17. The van der Waals surface area contributed by atoms with Gasteiger partial charge in [0.15, 0.2) is 0 Å². The van der Waals surface area contributed by atoms with Crippen molar-refractivity contribution in [2.75, 3.05) is 5.75 Å². The van der Waals surface area contributed by atoms with Crippen molar-refractivity contribution in [3.05, 3.63) is 35.4 Å². The minimum Gasteiger partial charge on any atom is -0.212 e. The first-order chi connectivity index (χ1) is 7.57. The molecule has 0 amide bonds. The Hall–Kier alpha value is -0.580. The summed E-state index contributed by atoms with van der Waals surface area (Å²) < 4.78 is 25.4. The number of benzene rings is 1. The molecule has 1 rings (SSSR count). The lowest BCUT2D eigenvalue weighted by Crippen LogP contribution is -2.25. The molecular weight excluding hydrogens is 246 g/mol. The molecule has 0 atom stereocenters. The summed E-state index contributed by atoms with van der Waals surface area (Å²) in [7, 11) is -3.13. The van der Waals surface area contributed by atoms with Gasteiger partial charge in [0.1, 0.15) is 0 Å². The van der Waals surface area contributed by atoms with Crippen molar-refractivity contribution >= 4 is 21.6 Å². The van der Waals surface area contributed by atoms with Crippen molar-refractivity contribution in [3.8, 4) is 0 Å². The summed E-state index contributed by atoms with van der Waals surface area (Å²) >= 11 is 5.70. The number of hydrogen-bond acceptors (Lipinski definition) is 2. The third-order valence-corrected chi connectivity index (χ3v) is 3.95. The van der Waals surface area contributed by atoms with E-state index in [4.69, 9.17) is 11.6 Å². The van der Waals surface area contributed by atoms with E-state index in [1.54, 1.807) is 0 Å². The molecule has 0 aromatic heterocycles. The molecule has 1 N–H and O–H groups in total. The van der Waals surface area contributed by atoms with Gasteiger partial charge >= 0.3 is 0 Å². The van der Waals surface area contributed by atoms with E-state index in [2.05, 4.69) is 4.72 Å². The lowest BCUT2D eigenvalue weighted by molar-refractivity contribution is 0.580. The average molecular weight is 262 g/mol. The molecule has 0 fully saturated rings. The predicted molar refractivity (Wildman–Crippen MR) is 66.9 cm³/mol. The maximum Gasteiger partial charge on any atom is 0.211 e. The second-order valence-electron chi connectivity index (χ2n) is 3.59. The molecule has 0 bridgehead atoms. The van der Waals surface area contributed by atoms with E-state index in [1.807, 2.05) is 31.2 Å². The monoisotopic (exact) mass is 261 g/mol. The molecule has 3 nitrogen and oxygen atoms in total. The van der Waals surface area contributed by atoms with Crippen LogP contribution in [0.1, 0.15) is 24.5 Å². The summed E-state index contributed by atoms with van der Waals surface area (Å²) in [4.78, 5) is 0. The molecule has 0 heterocycles. The molecule has 0 aliphatic heterocycles. The summed E-state index contributed by atoms with van der Waals surface area (Å²) in [5, 5.41) is 0. The number of sulfonamides is 1. The summed E-state index contributed by atoms with van der Waals surface area (Å²) in [5.41, 5.74) is 1.92. The number of hydrogen-bond donors (Lipinski definition) is 1. The van der Waals surface area contributed by atoms with E-state index in [0.29, 0.717) is 18.8 Å². The Bertz CT molecular complexity index is 431. The first kappa shape index (κ1) is 13.5. The molecule has 0 saturated heterocycles. The van der Waals surface area contributed by atoms with Crippen LogP contribution in [0.2, 0.25) is 0 Å². The maximum atomic E-state index is 11.4. The first-order valence-corrected chi connectivity index (χ1v) is 7.37. The van der Waals surface area contributed by atoms with Crippen LogP contribution in [0.4, 0.5) is 0 Å². The second kappa shape index (κ2) is 6.23. The molecule has 0 aliphatic rings.